The van der Waals surface area contributed by atoms with Gasteiger partial charge < -0.3 is 28.6 Å². The van der Waals surface area contributed by atoms with Crippen LogP contribution in [-0.2, 0) is 25.2 Å². The number of aromatic nitrogens is 2. The lowest BCUT2D eigenvalue weighted by atomic mass is 9.98. The zero-order valence-corrected chi connectivity index (χ0v) is 35.9. The predicted octanol–water partition coefficient (Wildman–Crippen LogP) is 9.25. The maximum absolute atomic E-state index is 15.0. The van der Waals surface area contributed by atoms with Crippen LogP contribution in [0.5, 0.6) is 17.4 Å². The summed E-state index contributed by atoms with van der Waals surface area (Å²) in [5.41, 5.74) is 3.27. The number of nitrogens with zero attached hydrogens (tertiary/aromatic N) is 4. The van der Waals surface area contributed by atoms with Crippen LogP contribution >= 0.6 is 7.60 Å². The highest BCUT2D eigenvalue weighted by atomic mass is 31.2. The van der Waals surface area contributed by atoms with Crippen molar-refractivity contribution in [2.45, 2.75) is 32.6 Å². The van der Waals surface area contributed by atoms with Crippen LogP contribution in [0.3, 0.4) is 0 Å². The zero-order chi connectivity index (χ0) is 43.9. The number of hydrogen-bond donors (Lipinski definition) is 1. The number of hydrogen-bond acceptors (Lipinski definition) is 10. The third-order valence-corrected chi connectivity index (χ3v) is 12.9. The topological polar surface area (TPSA) is 133 Å². The molecular weight excluding hydrogens is 823 g/mol. The Bertz CT molecular complexity index is 2690. The highest BCUT2D eigenvalue weighted by molar-refractivity contribution is 7.54. The van der Waals surface area contributed by atoms with Crippen LogP contribution in [0.2, 0.25) is 0 Å². The number of piperazine rings is 1. The molecule has 2 atom stereocenters. The van der Waals surface area contributed by atoms with E-state index in [1.54, 1.807) is 71.2 Å². The van der Waals surface area contributed by atoms with Crippen LogP contribution in [-0.4, -0.2) is 87.9 Å². The normalized spacial score (nSPS) is 14.7. The summed E-state index contributed by atoms with van der Waals surface area (Å²) in [4.78, 5) is 36.0. The molecule has 2 aromatic heterocycles. The molecule has 8 rings (SSSR count). The molecule has 0 bridgehead atoms. The van der Waals surface area contributed by atoms with Gasteiger partial charge in [0.05, 0.1) is 30.3 Å². The number of benzene rings is 5. The van der Waals surface area contributed by atoms with E-state index < -0.39 is 25.8 Å². The van der Waals surface area contributed by atoms with Crippen molar-refractivity contribution < 1.29 is 42.2 Å². The standard InChI is InChI=1S/C49H48FN4O8P/c1-3-59-49(57)34(2)61-63(58,62-39-18-11-6-12-19-39)31-30-52-26-28-53(29-27-52)47(55)42-40-20-13-25-51-44(40)46(60-45(36-14-7-4-8-15-36)37-16-9-5-10-17-37)43-41(42)33-54(48(43)56)32-35-21-23-38(50)24-22-35/h4-25,33-34,45,56H,3,26-32H2,1-2H3/t34-,63?/m0/s1. The van der Waals surface area contributed by atoms with Gasteiger partial charge in [-0.1, -0.05) is 97.1 Å². The van der Waals surface area contributed by atoms with Crippen molar-refractivity contribution in [3.63, 3.8) is 0 Å². The molecule has 1 unspecified atom stereocenters. The Labute approximate surface area is 364 Å². The molecule has 63 heavy (non-hydrogen) atoms. The molecule has 7 aromatic rings. The molecule has 14 heteroatoms. The quantitative estimate of drug-likeness (QED) is 0.0741. The monoisotopic (exact) mass is 870 g/mol. The van der Waals surface area contributed by atoms with E-state index in [0.717, 1.165) is 16.7 Å². The molecule has 1 saturated heterocycles. The molecule has 0 saturated carbocycles. The van der Waals surface area contributed by atoms with Gasteiger partial charge in [-0.3, -0.25) is 19.2 Å². The molecule has 1 aliphatic rings. The largest absolute Gasteiger partial charge is 0.494 e. The number of aromatic hydroxyl groups is 1. The van der Waals surface area contributed by atoms with Gasteiger partial charge in [-0.25, -0.2) is 13.8 Å². The highest BCUT2D eigenvalue weighted by Crippen LogP contribution is 2.50. The van der Waals surface area contributed by atoms with Crippen LogP contribution in [0, 0.1) is 5.82 Å². The van der Waals surface area contributed by atoms with E-state index in [4.69, 9.17) is 23.5 Å². The Balaban J connectivity index is 1.11. The number of ether oxygens (including phenoxy) is 2. The molecule has 1 N–H and O–H groups in total. The average molecular weight is 871 g/mol. The van der Waals surface area contributed by atoms with E-state index in [-0.39, 0.29) is 36.9 Å². The van der Waals surface area contributed by atoms with E-state index in [0.29, 0.717) is 71.5 Å². The van der Waals surface area contributed by atoms with Gasteiger partial charge in [-0.05, 0) is 60.9 Å². The maximum atomic E-state index is 15.0. The highest BCUT2D eigenvalue weighted by Gasteiger charge is 2.35. The number of para-hydroxylation sites is 1. The SMILES string of the molecule is CCOC(=O)[C@H](C)OP(=O)(CCN1CCN(C(=O)c2c3cccnc3c(OC(c3ccccc3)c3ccccc3)c3c(O)n(Cc4ccc(F)cc4)cc23)CC1)Oc1ccccc1. The second-order valence-corrected chi connectivity index (χ2v) is 17.4. The van der Waals surface area contributed by atoms with Crippen molar-refractivity contribution in [1.82, 2.24) is 19.4 Å². The second kappa shape index (κ2) is 19.2. The number of carbonyl (C=O) groups is 2. The first-order valence-corrected chi connectivity index (χ1v) is 22.7. The number of esters is 1. The molecule has 0 spiro atoms. The van der Waals surface area contributed by atoms with Crippen molar-refractivity contribution in [2.24, 2.45) is 0 Å². The Hall–Kier alpha value is -6.53. The predicted molar refractivity (Wildman–Crippen MR) is 239 cm³/mol. The lowest BCUT2D eigenvalue weighted by Crippen LogP contribution is -2.49. The van der Waals surface area contributed by atoms with Gasteiger partial charge in [-0.15, -0.1) is 0 Å². The van der Waals surface area contributed by atoms with Crippen molar-refractivity contribution in [3.8, 4) is 17.4 Å². The first-order chi connectivity index (χ1) is 30.6. The number of pyridine rings is 1. The number of amides is 1. The molecule has 5 aromatic carbocycles. The van der Waals surface area contributed by atoms with Crippen molar-refractivity contribution in [2.75, 3.05) is 45.5 Å². The summed E-state index contributed by atoms with van der Waals surface area (Å²) < 4.78 is 53.6. The first-order valence-electron chi connectivity index (χ1n) is 20.9. The minimum absolute atomic E-state index is 0.00815. The minimum atomic E-state index is -3.85. The van der Waals surface area contributed by atoms with Gasteiger partial charge in [0.15, 0.2) is 11.9 Å². The number of rotatable bonds is 16. The van der Waals surface area contributed by atoms with Crippen LogP contribution in [0.15, 0.2) is 140 Å². The van der Waals surface area contributed by atoms with Crippen LogP contribution in [0.1, 0.15) is 47.0 Å². The van der Waals surface area contributed by atoms with Gasteiger partial charge in [0.25, 0.3) is 5.91 Å². The minimum Gasteiger partial charge on any atom is -0.494 e. The summed E-state index contributed by atoms with van der Waals surface area (Å²) in [6.45, 7) is 5.43. The molecule has 0 aliphatic carbocycles. The van der Waals surface area contributed by atoms with Crippen molar-refractivity contribution >= 4 is 41.1 Å². The van der Waals surface area contributed by atoms with Gasteiger partial charge in [0.2, 0.25) is 5.88 Å². The van der Waals surface area contributed by atoms with Crippen LogP contribution < -0.4 is 9.26 Å². The Morgan fingerprint density at radius 2 is 1.46 bits per heavy atom. The zero-order valence-electron chi connectivity index (χ0n) is 35.0. The molecule has 12 nitrogen and oxygen atoms in total. The maximum Gasteiger partial charge on any atom is 0.381 e. The summed E-state index contributed by atoms with van der Waals surface area (Å²) in [5, 5.41) is 13.5. The van der Waals surface area contributed by atoms with Crippen LogP contribution in [0.4, 0.5) is 4.39 Å². The fourth-order valence-corrected chi connectivity index (χ4v) is 9.64. The van der Waals surface area contributed by atoms with Gasteiger partial charge >= 0.3 is 13.6 Å². The van der Waals surface area contributed by atoms with E-state index in [1.165, 1.54) is 19.1 Å². The molecule has 324 valence electrons. The van der Waals surface area contributed by atoms with E-state index in [9.17, 15) is 23.7 Å². The van der Waals surface area contributed by atoms with Crippen molar-refractivity contribution in [3.05, 3.63) is 168 Å². The second-order valence-electron chi connectivity index (χ2n) is 15.3. The Morgan fingerprint density at radius 3 is 2.10 bits per heavy atom. The molecule has 1 fully saturated rings. The van der Waals surface area contributed by atoms with E-state index >= 15 is 0 Å². The summed E-state index contributed by atoms with van der Waals surface area (Å²) in [7, 11) is -3.85. The molecule has 1 aliphatic heterocycles. The summed E-state index contributed by atoms with van der Waals surface area (Å²) in [6, 6.07) is 37.9. The fraction of sp³-hybridized carbons (Fsp3) is 0.245. The Morgan fingerprint density at radius 1 is 0.825 bits per heavy atom. The molecular formula is C49H48FN4O8P. The lowest BCUT2D eigenvalue weighted by molar-refractivity contribution is -0.150. The number of halogens is 1. The van der Waals surface area contributed by atoms with Gasteiger partial charge in [-0.2, -0.15) is 0 Å². The summed E-state index contributed by atoms with van der Waals surface area (Å²) >= 11 is 0. The smallest absolute Gasteiger partial charge is 0.381 e. The van der Waals surface area contributed by atoms with E-state index in [2.05, 4.69) is 4.90 Å². The Kier molecular flexibility index (Phi) is 13.2. The molecule has 1 amide bonds. The molecule has 0 radical (unpaired) electrons. The van der Waals surface area contributed by atoms with Gasteiger partial charge in [0.1, 0.15) is 23.2 Å². The molecule has 3 heterocycles. The average Bonchev–Trinajstić information content (AvgIpc) is 3.63. The lowest BCUT2D eigenvalue weighted by Gasteiger charge is -2.35. The summed E-state index contributed by atoms with van der Waals surface area (Å²) in [6.07, 6.45) is 1.67. The number of carbonyl (C=O) groups excluding carboxylic acids is 2. The van der Waals surface area contributed by atoms with Gasteiger partial charge in [0, 0.05) is 55.9 Å². The third-order valence-electron chi connectivity index (χ3n) is 11.0. The van der Waals surface area contributed by atoms with Crippen LogP contribution in [0.25, 0.3) is 21.7 Å². The summed E-state index contributed by atoms with van der Waals surface area (Å²) in [5.74, 6) is -0.723. The van der Waals surface area contributed by atoms with E-state index in [1.807, 2.05) is 72.8 Å². The third kappa shape index (κ3) is 9.76. The fourth-order valence-electron chi connectivity index (χ4n) is 7.87. The number of fused-ring (bicyclic) bond motifs is 2. The van der Waals surface area contributed by atoms with Crippen molar-refractivity contribution in [1.29, 1.82) is 0 Å². The first kappa shape index (κ1) is 43.1.